The summed E-state index contributed by atoms with van der Waals surface area (Å²) < 4.78 is 3.30. The van der Waals surface area contributed by atoms with Crippen LogP contribution in [-0.2, 0) is 0 Å². The van der Waals surface area contributed by atoms with E-state index in [0.717, 1.165) is 0 Å². The van der Waals surface area contributed by atoms with Gasteiger partial charge in [-0.3, -0.25) is 0 Å². The minimum atomic E-state index is 0.467. The van der Waals surface area contributed by atoms with E-state index < -0.39 is 0 Å². The quantitative estimate of drug-likeness (QED) is 0.490. The predicted octanol–water partition coefficient (Wildman–Crippen LogP) is 1.32. The molecule has 0 spiro atoms. The number of hydrogen-bond acceptors (Lipinski definition) is 0. The van der Waals surface area contributed by atoms with Gasteiger partial charge in [0.2, 0.25) is 0 Å². The monoisotopic (exact) mass is 177 g/mol. The molecule has 0 aromatic carbocycles. The van der Waals surface area contributed by atoms with Crippen molar-refractivity contribution >= 4 is 21.6 Å². The molecule has 1 radical (unpaired) electrons. The molecule has 0 atom stereocenters. The first-order chi connectivity index (χ1) is 2.50. The van der Waals surface area contributed by atoms with Crippen LogP contribution in [0, 0.1) is 0 Å². The molecule has 5 heavy (non-hydrogen) atoms. The third-order valence-electron chi connectivity index (χ3n) is 0.882. The fraction of sp³-hybridized carbons (Fsp3) is 1.00. The van der Waals surface area contributed by atoms with Crippen LogP contribution in [0.15, 0.2) is 0 Å². The number of hydrogen-bond donors (Lipinski definition) is 0. The summed E-state index contributed by atoms with van der Waals surface area (Å²) in [6.45, 7) is 0. The Bertz CT molecular complexity index is 15.2. The Labute approximate surface area is 43.5 Å². The van der Waals surface area contributed by atoms with Crippen molar-refractivity contribution in [3.05, 3.63) is 0 Å². The van der Waals surface area contributed by atoms with E-state index in [2.05, 4.69) is 0 Å². The maximum atomic E-state index is 1.65. The topological polar surface area (TPSA) is 0 Å². The molecule has 1 rings (SSSR count). The second kappa shape index (κ2) is 2.08. The number of rotatable bonds is 0. The Morgan fingerprint density at radius 3 is 1.80 bits per heavy atom. The zero-order chi connectivity index (χ0) is 3.54. The van der Waals surface area contributed by atoms with Gasteiger partial charge >= 0.3 is 43.2 Å². The van der Waals surface area contributed by atoms with Crippen LogP contribution in [0.25, 0.3) is 0 Å². The van der Waals surface area contributed by atoms with Crippen LogP contribution >= 0.6 is 0 Å². The Morgan fingerprint density at radius 1 is 1.00 bits per heavy atom. The molecule has 0 unspecified atom stereocenters. The minimum absolute atomic E-state index is 0.467. The van der Waals surface area contributed by atoms with E-state index in [1.54, 1.807) is 21.6 Å². The van der Waals surface area contributed by atoms with E-state index in [4.69, 9.17) is 0 Å². The molecule has 1 heterocycles. The van der Waals surface area contributed by atoms with Crippen LogP contribution in [0.2, 0.25) is 8.73 Å². The third-order valence-corrected chi connectivity index (χ3v) is 4.49. The van der Waals surface area contributed by atoms with Crippen molar-refractivity contribution in [3.63, 3.8) is 0 Å². The normalized spacial score (nSPS) is 24.0. The first-order valence-electron chi connectivity index (χ1n) is 2.13. The summed E-state index contributed by atoms with van der Waals surface area (Å²) in [6, 6.07) is 0. The van der Waals surface area contributed by atoms with Crippen LogP contribution in [0.1, 0.15) is 12.8 Å². The molecular formula is C4H8Sb. The molecule has 0 aromatic rings. The zero-order valence-corrected chi connectivity index (χ0v) is 5.83. The maximum absolute atomic E-state index is 1.65. The van der Waals surface area contributed by atoms with Crippen LogP contribution in [0.3, 0.4) is 0 Å². The summed E-state index contributed by atoms with van der Waals surface area (Å²) in [4.78, 5) is 0. The Morgan fingerprint density at radius 2 is 1.60 bits per heavy atom. The summed E-state index contributed by atoms with van der Waals surface area (Å²) in [5, 5.41) is 0. The van der Waals surface area contributed by atoms with Gasteiger partial charge in [0.1, 0.15) is 0 Å². The van der Waals surface area contributed by atoms with Crippen molar-refractivity contribution in [2.45, 2.75) is 21.6 Å². The van der Waals surface area contributed by atoms with E-state index in [9.17, 15) is 0 Å². The molecule has 0 amide bonds. The second-order valence-corrected chi connectivity index (χ2v) is 5.21. The van der Waals surface area contributed by atoms with Crippen LogP contribution in [0.4, 0.5) is 0 Å². The van der Waals surface area contributed by atoms with Crippen LogP contribution in [0.5, 0.6) is 0 Å². The van der Waals surface area contributed by atoms with E-state index in [1.807, 2.05) is 0 Å². The van der Waals surface area contributed by atoms with Gasteiger partial charge < -0.3 is 0 Å². The Balaban J connectivity index is 2.08. The molecule has 0 aliphatic carbocycles. The molecular weight excluding hydrogens is 170 g/mol. The fourth-order valence-corrected chi connectivity index (χ4v) is 3.75. The SMILES string of the molecule is C1C[CH2][Sb][CH2]1. The van der Waals surface area contributed by atoms with Gasteiger partial charge in [-0.1, -0.05) is 0 Å². The molecule has 1 heteroatoms. The van der Waals surface area contributed by atoms with E-state index in [0.29, 0.717) is 21.6 Å². The Kier molecular flexibility index (Phi) is 1.66. The Hall–Kier alpha value is 0.818. The van der Waals surface area contributed by atoms with Crippen LogP contribution in [-0.4, -0.2) is 21.6 Å². The summed E-state index contributed by atoms with van der Waals surface area (Å²) in [5.74, 6) is 0. The van der Waals surface area contributed by atoms with Crippen molar-refractivity contribution < 1.29 is 0 Å². The van der Waals surface area contributed by atoms with Crippen LogP contribution < -0.4 is 0 Å². The van der Waals surface area contributed by atoms with Crippen molar-refractivity contribution in [1.29, 1.82) is 0 Å². The molecule has 1 aliphatic rings. The van der Waals surface area contributed by atoms with Gasteiger partial charge in [0, 0.05) is 0 Å². The van der Waals surface area contributed by atoms with Gasteiger partial charge in [-0.05, 0) is 0 Å². The molecule has 0 N–H and O–H groups in total. The molecule has 0 saturated carbocycles. The summed E-state index contributed by atoms with van der Waals surface area (Å²) in [7, 11) is 0. The average Bonchev–Trinajstić information content (AvgIpc) is 1.76. The summed E-state index contributed by atoms with van der Waals surface area (Å²) in [6.07, 6.45) is 3.13. The first-order valence-corrected chi connectivity index (χ1v) is 5.74. The molecule has 29 valence electrons. The van der Waals surface area contributed by atoms with Gasteiger partial charge in [-0.2, -0.15) is 0 Å². The van der Waals surface area contributed by atoms with Gasteiger partial charge in [0.15, 0.2) is 0 Å². The molecule has 1 saturated heterocycles. The summed E-state index contributed by atoms with van der Waals surface area (Å²) in [5.41, 5.74) is 0. The molecule has 1 aliphatic heterocycles. The molecule has 1 fully saturated rings. The standard InChI is InChI=1S/C4H8.Sb/c1-3-4-2;/h1-4H2;. The fourth-order valence-electron chi connectivity index (χ4n) is 0.559. The van der Waals surface area contributed by atoms with Crippen molar-refractivity contribution in [1.82, 2.24) is 0 Å². The van der Waals surface area contributed by atoms with Gasteiger partial charge in [0.05, 0.1) is 0 Å². The van der Waals surface area contributed by atoms with E-state index >= 15 is 0 Å². The van der Waals surface area contributed by atoms with Gasteiger partial charge in [-0.25, -0.2) is 0 Å². The molecule has 0 nitrogen and oxygen atoms in total. The van der Waals surface area contributed by atoms with E-state index in [1.165, 1.54) is 0 Å². The molecule has 0 bridgehead atoms. The van der Waals surface area contributed by atoms with Gasteiger partial charge in [-0.15, -0.1) is 0 Å². The summed E-state index contributed by atoms with van der Waals surface area (Å²) >= 11 is 0.467. The van der Waals surface area contributed by atoms with E-state index in [-0.39, 0.29) is 0 Å². The molecule has 0 aromatic heterocycles. The first kappa shape index (κ1) is 3.99. The third kappa shape index (κ3) is 1.13. The predicted molar refractivity (Wildman–Crippen MR) is 24.6 cm³/mol. The van der Waals surface area contributed by atoms with Crippen molar-refractivity contribution in [3.8, 4) is 0 Å². The van der Waals surface area contributed by atoms with Gasteiger partial charge in [0.25, 0.3) is 0 Å². The second-order valence-electron chi connectivity index (χ2n) is 1.38. The van der Waals surface area contributed by atoms with Crippen molar-refractivity contribution in [2.75, 3.05) is 0 Å². The average molecular weight is 178 g/mol. The van der Waals surface area contributed by atoms with Crippen molar-refractivity contribution in [2.24, 2.45) is 0 Å². The zero-order valence-electron chi connectivity index (χ0n) is 3.28.